The summed E-state index contributed by atoms with van der Waals surface area (Å²) in [6, 6.07) is 3.97. The molecule has 1 amide bonds. The van der Waals surface area contributed by atoms with Gasteiger partial charge in [0.2, 0.25) is 5.91 Å². The standard InChI is InChI=1S/C17H21N3O3/c1-5-23-17(22)13-8-19-15-11(3)6-10(2)7-12(15)16(13)20(4)9-14(18)21/h6-8H,5,9H2,1-4H3,(H2,18,21). The molecule has 0 atom stereocenters. The van der Waals surface area contributed by atoms with E-state index in [0.29, 0.717) is 11.3 Å². The number of carbonyl (C=O) groups is 2. The smallest absolute Gasteiger partial charge is 0.341 e. The third kappa shape index (κ3) is 3.41. The number of primary amides is 1. The molecule has 2 N–H and O–H groups in total. The third-order valence-corrected chi connectivity index (χ3v) is 3.55. The molecule has 6 heteroatoms. The monoisotopic (exact) mass is 315 g/mol. The number of rotatable bonds is 5. The SMILES string of the molecule is CCOC(=O)c1cnc2c(C)cc(C)cc2c1N(C)CC(N)=O. The summed E-state index contributed by atoms with van der Waals surface area (Å²) < 4.78 is 5.11. The van der Waals surface area contributed by atoms with Crippen LogP contribution >= 0.6 is 0 Å². The number of hydrogen-bond acceptors (Lipinski definition) is 5. The summed E-state index contributed by atoms with van der Waals surface area (Å²) in [5.74, 6) is -0.941. The van der Waals surface area contributed by atoms with Crippen LogP contribution in [0.25, 0.3) is 10.9 Å². The van der Waals surface area contributed by atoms with Crippen molar-refractivity contribution < 1.29 is 14.3 Å². The number of aromatic nitrogens is 1. The van der Waals surface area contributed by atoms with Gasteiger partial charge in [0.25, 0.3) is 0 Å². The Morgan fingerprint density at radius 2 is 2.00 bits per heavy atom. The Bertz CT molecular complexity index is 771. The Hall–Kier alpha value is -2.63. The molecular formula is C17H21N3O3. The lowest BCUT2D eigenvalue weighted by Gasteiger charge is -2.22. The van der Waals surface area contributed by atoms with Crippen molar-refractivity contribution >= 4 is 28.5 Å². The van der Waals surface area contributed by atoms with Crippen LogP contribution < -0.4 is 10.6 Å². The molecule has 6 nitrogen and oxygen atoms in total. The summed E-state index contributed by atoms with van der Waals surface area (Å²) in [6.07, 6.45) is 1.50. The van der Waals surface area contributed by atoms with E-state index in [-0.39, 0.29) is 13.2 Å². The van der Waals surface area contributed by atoms with Crippen molar-refractivity contribution in [3.05, 3.63) is 35.0 Å². The van der Waals surface area contributed by atoms with Gasteiger partial charge < -0.3 is 15.4 Å². The number of anilines is 1. The second-order valence-electron chi connectivity index (χ2n) is 5.54. The van der Waals surface area contributed by atoms with E-state index in [4.69, 9.17) is 10.5 Å². The van der Waals surface area contributed by atoms with E-state index in [2.05, 4.69) is 4.98 Å². The number of fused-ring (bicyclic) bond motifs is 1. The number of aryl methyl sites for hydroxylation is 2. The van der Waals surface area contributed by atoms with Crippen LogP contribution in [0, 0.1) is 13.8 Å². The lowest BCUT2D eigenvalue weighted by molar-refractivity contribution is -0.116. The zero-order chi connectivity index (χ0) is 17.1. The van der Waals surface area contributed by atoms with E-state index in [0.717, 1.165) is 22.0 Å². The van der Waals surface area contributed by atoms with E-state index in [1.54, 1.807) is 18.9 Å². The van der Waals surface area contributed by atoms with Gasteiger partial charge in [-0.3, -0.25) is 9.78 Å². The number of nitrogens with zero attached hydrogens (tertiary/aromatic N) is 2. The minimum atomic E-state index is -0.475. The summed E-state index contributed by atoms with van der Waals surface area (Å²) >= 11 is 0. The molecule has 1 aromatic heterocycles. The number of ether oxygens (including phenoxy) is 1. The highest BCUT2D eigenvalue weighted by molar-refractivity contribution is 6.06. The summed E-state index contributed by atoms with van der Waals surface area (Å²) in [6.45, 7) is 5.94. The van der Waals surface area contributed by atoms with Gasteiger partial charge in [0.05, 0.1) is 24.4 Å². The van der Waals surface area contributed by atoms with Crippen LogP contribution in [0.5, 0.6) is 0 Å². The van der Waals surface area contributed by atoms with Crippen molar-refractivity contribution in [3.8, 4) is 0 Å². The summed E-state index contributed by atoms with van der Waals surface area (Å²) in [5.41, 5.74) is 9.08. The molecule has 0 aliphatic rings. The lowest BCUT2D eigenvalue weighted by Crippen LogP contribution is -2.32. The molecule has 2 aromatic rings. The van der Waals surface area contributed by atoms with Crippen LogP contribution in [-0.4, -0.2) is 37.1 Å². The average molecular weight is 315 g/mol. The first-order valence-corrected chi connectivity index (χ1v) is 7.41. The zero-order valence-corrected chi connectivity index (χ0v) is 13.8. The van der Waals surface area contributed by atoms with E-state index in [1.165, 1.54) is 6.20 Å². The van der Waals surface area contributed by atoms with E-state index >= 15 is 0 Å². The second-order valence-corrected chi connectivity index (χ2v) is 5.54. The molecule has 0 fully saturated rings. The van der Waals surface area contributed by atoms with Gasteiger partial charge in [0.1, 0.15) is 5.56 Å². The second kappa shape index (κ2) is 6.64. The fourth-order valence-electron chi connectivity index (χ4n) is 2.73. The van der Waals surface area contributed by atoms with Gasteiger partial charge >= 0.3 is 5.97 Å². The first kappa shape index (κ1) is 16.7. The molecule has 0 unspecified atom stereocenters. The van der Waals surface area contributed by atoms with Crippen molar-refractivity contribution in [2.24, 2.45) is 5.73 Å². The number of esters is 1. The van der Waals surface area contributed by atoms with Gasteiger partial charge in [-0.1, -0.05) is 11.6 Å². The average Bonchev–Trinajstić information content (AvgIpc) is 2.45. The van der Waals surface area contributed by atoms with Gasteiger partial charge in [-0.25, -0.2) is 4.79 Å². The number of likely N-dealkylation sites (N-methyl/N-ethyl adjacent to an activating group) is 1. The number of pyridine rings is 1. The fourth-order valence-corrected chi connectivity index (χ4v) is 2.73. The molecule has 122 valence electrons. The first-order chi connectivity index (χ1) is 10.8. The van der Waals surface area contributed by atoms with Crippen LogP contribution in [0.1, 0.15) is 28.4 Å². The van der Waals surface area contributed by atoms with Crippen molar-refractivity contribution in [1.82, 2.24) is 4.98 Å². The molecule has 2 rings (SSSR count). The van der Waals surface area contributed by atoms with Crippen molar-refractivity contribution in [2.45, 2.75) is 20.8 Å². The molecule has 1 heterocycles. The maximum atomic E-state index is 12.3. The Morgan fingerprint density at radius 1 is 1.30 bits per heavy atom. The van der Waals surface area contributed by atoms with Gasteiger partial charge in [-0.05, 0) is 32.4 Å². The molecule has 23 heavy (non-hydrogen) atoms. The molecule has 0 radical (unpaired) electrons. The topological polar surface area (TPSA) is 85.5 Å². The van der Waals surface area contributed by atoms with Crippen molar-refractivity contribution in [3.63, 3.8) is 0 Å². The lowest BCUT2D eigenvalue weighted by atomic mass is 10.0. The minimum Gasteiger partial charge on any atom is -0.462 e. The van der Waals surface area contributed by atoms with E-state index in [9.17, 15) is 9.59 Å². The Balaban J connectivity index is 2.75. The Labute approximate surface area is 135 Å². The maximum absolute atomic E-state index is 12.3. The van der Waals surface area contributed by atoms with E-state index in [1.807, 2.05) is 26.0 Å². The van der Waals surface area contributed by atoms with Crippen LogP contribution in [-0.2, 0) is 9.53 Å². The number of nitrogens with two attached hydrogens (primary N) is 1. The normalized spacial score (nSPS) is 10.6. The minimum absolute atomic E-state index is 0.00148. The number of benzene rings is 1. The van der Waals surface area contributed by atoms with Gasteiger partial charge in [0.15, 0.2) is 0 Å². The van der Waals surface area contributed by atoms with Crippen LogP contribution in [0.4, 0.5) is 5.69 Å². The molecule has 0 saturated carbocycles. The van der Waals surface area contributed by atoms with Gasteiger partial charge in [0, 0.05) is 18.6 Å². The quantitative estimate of drug-likeness (QED) is 0.852. The van der Waals surface area contributed by atoms with Gasteiger partial charge in [-0.15, -0.1) is 0 Å². The predicted octanol–water partition coefficient (Wildman–Crippen LogP) is 1.95. The maximum Gasteiger partial charge on any atom is 0.341 e. The molecule has 0 aliphatic heterocycles. The molecule has 0 saturated heterocycles. The van der Waals surface area contributed by atoms with Crippen molar-refractivity contribution in [1.29, 1.82) is 0 Å². The zero-order valence-electron chi connectivity index (χ0n) is 13.8. The molecule has 1 aromatic carbocycles. The first-order valence-electron chi connectivity index (χ1n) is 7.41. The molecular weight excluding hydrogens is 294 g/mol. The summed E-state index contributed by atoms with van der Waals surface area (Å²) in [5, 5.41) is 0.803. The summed E-state index contributed by atoms with van der Waals surface area (Å²) in [4.78, 5) is 29.6. The molecule has 0 spiro atoms. The van der Waals surface area contributed by atoms with Crippen LogP contribution in [0.15, 0.2) is 18.3 Å². The number of amides is 1. The van der Waals surface area contributed by atoms with Crippen LogP contribution in [0.3, 0.4) is 0 Å². The predicted molar refractivity (Wildman–Crippen MR) is 89.6 cm³/mol. The highest BCUT2D eigenvalue weighted by atomic mass is 16.5. The summed E-state index contributed by atoms with van der Waals surface area (Å²) in [7, 11) is 1.72. The molecule has 0 aliphatic carbocycles. The highest BCUT2D eigenvalue weighted by Crippen LogP contribution is 2.32. The molecule has 0 bridgehead atoms. The van der Waals surface area contributed by atoms with Crippen LogP contribution in [0.2, 0.25) is 0 Å². The number of carbonyl (C=O) groups excluding carboxylic acids is 2. The van der Waals surface area contributed by atoms with Gasteiger partial charge in [-0.2, -0.15) is 0 Å². The fraction of sp³-hybridized carbons (Fsp3) is 0.353. The Morgan fingerprint density at radius 3 is 2.61 bits per heavy atom. The largest absolute Gasteiger partial charge is 0.462 e. The van der Waals surface area contributed by atoms with E-state index < -0.39 is 11.9 Å². The third-order valence-electron chi connectivity index (χ3n) is 3.55. The Kier molecular flexibility index (Phi) is 4.83. The number of hydrogen-bond donors (Lipinski definition) is 1. The van der Waals surface area contributed by atoms with Crippen molar-refractivity contribution in [2.75, 3.05) is 25.1 Å². The highest BCUT2D eigenvalue weighted by Gasteiger charge is 2.21.